The van der Waals surface area contributed by atoms with Crippen LogP contribution in [0.1, 0.15) is 5.56 Å². The second-order valence-electron chi connectivity index (χ2n) is 3.49. The molecule has 0 aliphatic carbocycles. The van der Waals surface area contributed by atoms with Gasteiger partial charge < -0.3 is 4.40 Å². The maximum absolute atomic E-state index is 9.07. The van der Waals surface area contributed by atoms with Gasteiger partial charge in [-0.1, -0.05) is 18.2 Å². The summed E-state index contributed by atoms with van der Waals surface area (Å²) in [5.74, 6) is 0. The van der Waals surface area contributed by atoms with Crippen LogP contribution in [0.4, 0.5) is 0 Å². The van der Waals surface area contributed by atoms with Gasteiger partial charge in [0, 0.05) is 17.1 Å². The van der Waals surface area contributed by atoms with Crippen molar-refractivity contribution in [1.29, 1.82) is 5.26 Å². The summed E-state index contributed by atoms with van der Waals surface area (Å²) in [4.78, 5) is 0. The molecular weight excluding hydrogens is 184 g/mol. The molecule has 2 aromatic heterocycles. The summed E-state index contributed by atoms with van der Waals surface area (Å²) in [7, 11) is 0. The average molecular weight is 192 g/mol. The van der Waals surface area contributed by atoms with Gasteiger partial charge in [0.15, 0.2) is 0 Å². The van der Waals surface area contributed by atoms with Crippen molar-refractivity contribution >= 4 is 16.4 Å². The molecule has 0 aliphatic heterocycles. The first kappa shape index (κ1) is 8.07. The zero-order chi connectivity index (χ0) is 10.3. The number of nitriles is 1. The van der Waals surface area contributed by atoms with Crippen LogP contribution in [0.3, 0.4) is 0 Å². The van der Waals surface area contributed by atoms with Crippen LogP contribution in [-0.2, 0) is 0 Å². The number of rotatable bonds is 0. The molecule has 0 unspecified atom stereocenters. The first-order valence-electron chi connectivity index (χ1n) is 4.79. The zero-order valence-corrected chi connectivity index (χ0v) is 8.01. The Hall–Kier alpha value is -2.27. The number of benzene rings is 1. The highest BCUT2D eigenvalue weighted by Gasteiger charge is 2.04. The summed E-state index contributed by atoms with van der Waals surface area (Å²) in [6, 6.07) is 16.1. The molecule has 0 radical (unpaired) electrons. The summed E-state index contributed by atoms with van der Waals surface area (Å²) in [5, 5.41) is 10.1. The van der Waals surface area contributed by atoms with Crippen LogP contribution in [-0.4, -0.2) is 4.40 Å². The summed E-state index contributed by atoms with van der Waals surface area (Å²) in [5.41, 5.74) is 2.87. The molecule has 0 N–H and O–H groups in total. The van der Waals surface area contributed by atoms with Crippen molar-refractivity contribution in [3.8, 4) is 6.07 Å². The van der Waals surface area contributed by atoms with E-state index in [4.69, 9.17) is 5.26 Å². The van der Waals surface area contributed by atoms with Crippen molar-refractivity contribution in [2.45, 2.75) is 0 Å². The van der Waals surface area contributed by atoms with Gasteiger partial charge in [-0.2, -0.15) is 5.26 Å². The molecule has 2 heteroatoms. The molecule has 3 rings (SSSR count). The van der Waals surface area contributed by atoms with Crippen LogP contribution >= 0.6 is 0 Å². The Labute approximate surface area is 87.0 Å². The Morgan fingerprint density at radius 3 is 2.80 bits per heavy atom. The molecule has 0 saturated heterocycles. The summed E-state index contributed by atoms with van der Waals surface area (Å²) in [6.07, 6.45) is 2.01. The minimum absolute atomic E-state index is 0.733. The molecule has 0 aliphatic rings. The molecule has 0 bridgehead atoms. The molecule has 3 aromatic rings. The van der Waals surface area contributed by atoms with Crippen LogP contribution in [0.25, 0.3) is 16.4 Å². The molecule has 0 atom stereocenters. The van der Waals surface area contributed by atoms with Crippen LogP contribution in [0.15, 0.2) is 48.7 Å². The Bertz CT molecular complexity index is 686. The molecule has 0 fully saturated rings. The standard InChI is InChI=1S/C13H8N2/c14-9-10-8-11-4-3-7-15(11)13-6-2-1-5-12(10)13/h1-8H. The van der Waals surface area contributed by atoms with Crippen molar-refractivity contribution in [2.75, 3.05) is 0 Å². The van der Waals surface area contributed by atoms with E-state index in [-0.39, 0.29) is 0 Å². The molecule has 0 amide bonds. The van der Waals surface area contributed by atoms with E-state index in [1.807, 2.05) is 48.7 Å². The minimum atomic E-state index is 0.733. The quantitative estimate of drug-likeness (QED) is 0.538. The summed E-state index contributed by atoms with van der Waals surface area (Å²) >= 11 is 0. The average Bonchev–Trinajstić information content (AvgIpc) is 2.76. The SMILES string of the molecule is N#Cc1cc2cccn2c2ccccc12. The van der Waals surface area contributed by atoms with Crippen molar-refractivity contribution in [3.05, 3.63) is 54.2 Å². The molecule has 2 nitrogen and oxygen atoms in total. The fourth-order valence-electron chi connectivity index (χ4n) is 1.96. The zero-order valence-electron chi connectivity index (χ0n) is 8.01. The number of hydrogen-bond acceptors (Lipinski definition) is 1. The third kappa shape index (κ3) is 1.04. The monoisotopic (exact) mass is 192 g/mol. The minimum Gasteiger partial charge on any atom is -0.316 e. The Kier molecular flexibility index (Phi) is 1.54. The molecule has 0 spiro atoms. The first-order valence-corrected chi connectivity index (χ1v) is 4.79. The fourth-order valence-corrected chi connectivity index (χ4v) is 1.96. The van der Waals surface area contributed by atoms with Gasteiger partial charge in [-0.15, -0.1) is 0 Å². The van der Waals surface area contributed by atoms with Crippen molar-refractivity contribution in [3.63, 3.8) is 0 Å². The second-order valence-corrected chi connectivity index (χ2v) is 3.49. The number of aromatic nitrogens is 1. The lowest BCUT2D eigenvalue weighted by atomic mass is 10.1. The van der Waals surface area contributed by atoms with Crippen LogP contribution < -0.4 is 0 Å². The van der Waals surface area contributed by atoms with Crippen molar-refractivity contribution in [1.82, 2.24) is 4.40 Å². The van der Waals surface area contributed by atoms with Gasteiger partial charge in [-0.25, -0.2) is 0 Å². The molecule has 2 heterocycles. The maximum Gasteiger partial charge on any atom is 0.0999 e. The van der Waals surface area contributed by atoms with Gasteiger partial charge in [-0.3, -0.25) is 0 Å². The van der Waals surface area contributed by atoms with Gasteiger partial charge in [0.2, 0.25) is 0 Å². The Morgan fingerprint density at radius 2 is 1.93 bits per heavy atom. The van der Waals surface area contributed by atoms with Gasteiger partial charge in [0.05, 0.1) is 17.1 Å². The lowest BCUT2D eigenvalue weighted by Gasteiger charge is -2.04. The Morgan fingerprint density at radius 1 is 1.07 bits per heavy atom. The highest BCUT2D eigenvalue weighted by atomic mass is 14.9. The normalized spacial score (nSPS) is 10.6. The predicted molar refractivity (Wildman–Crippen MR) is 59.6 cm³/mol. The fraction of sp³-hybridized carbons (Fsp3) is 0. The van der Waals surface area contributed by atoms with Gasteiger partial charge in [0.1, 0.15) is 0 Å². The smallest absolute Gasteiger partial charge is 0.0999 e. The largest absolute Gasteiger partial charge is 0.316 e. The van der Waals surface area contributed by atoms with Crippen molar-refractivity contribution < 1.29 is 0 Å². The lowest BCUT2D eigenvalue weighted by Crippen LogP contribution is -1.88. The molecule has 70 valence electrons. The van der Waals surface area contributed by atoms with Crippen LogP contribution in [0.5, 0.6) is 0 Å². The van der Waals surface area contributed by atoms with E-state index in [1.54, 1.807) is 0 Å². The van der Waals surface area contributed by atoms with Crippen molar-refractivity contribution in [2.24, 2.45) is 0 Å². The molecule has 1 aromatic carbocycles. The summed E-state index contributed by atoms with van der Waals surface area (Å²) in [6.45, 7) is 0. The summed E-state index contributed by atoms with van der Waals surface area (Å²) < 4.78 is 2.09. The van der Waals surface area contributed by atoms with E-state index >= 15 is 0 Å². The highest BCUT2D eigenvalue weighted by Crippen LogP contribution is 2.21. The van der Waals surface area contributed by atoms with Gasteiger partial charge >= 0.3 is 0 Å². The van der Waals surface area contributed by atoms with E-state index in [0.717, 1.165) is 22.0 Å². The van der Waals surface area contributed by atoms with Crippen LogP contribution in [0, 0.1) is 11.3 Å². The number of fused-ring (bicyclic) bond motifs is 3. The molecular formula is C13H8N2. The van der Waals surface area contributed by atoms with Gasteiger partial charge in [-0.05, 0) is 24.3 Å². The predicted octanol–water partition coefficient (Wildman–Crippen LogP) is 2.96. The van der Waals surface area contributed by atoms with E-state index in [2.05, 4.69) is 10.5 Å². The number of para-hydroxylation sites is 1. The lowest BCUT2D eigenvalue weighted by molar-refractivity contribution is 1.27. The van der Waals surface area contributed by atoms with E-state index in [1.165, 1.54) is 0 Å². The van der Waals surface area contributed by atoms with E-state index in [0.29, 0.717) is 0 Å². The second kappa shape index (κ2) is 2.86. The highest BCUT2D eigenvalue weighted by molar-refractivity contribution is 5.88. The third-order valence-corrected chi connectivity index (χ3v) is 2.65. The molecule has 15 heavy (non-hydrogen) atoms. The maximum atomic E-state index is 9.07. The van der Waals surface area contributed by atoms with E-state index < -0.39 is 0 Å². The van der Waals surface area contributed by atoms with Gasteiger partial charge in [0.25, 0.3) is 0 Å². The molecule has 0 saturated carbocycles. The third-order valence-electron chi connectivity index (χ3n) is 2.65. The Balaban J connectivity index is 2.66. The number of pyridine rings is 1. The van der Waals surface area contributed by atoms with Crippen LogP contribution in [0.2, 0.25) is 0 Å². The van der Waals surface area contributed by atoms with E-state index in [9.17, 15) is 0 Å². The number of nitrogens with zero attached hydrogens (tertiary/aromatic N) is 2. The number of hydrogen-bond donors (Lipinski definition) is 0. The topological polar surface area (TPSA) is 28.2 Å². The first-order chi connectivity index (χ1) is 7.40.